The van der Waals surface area contributed by atoms with Gasteiger partial charge in [-0.15, -0.1) is 0 Å². The van der Waals surface area contributed by atoms with Crippen molar-refractivity contribution >= 4 is 17.5 Å². The highest BCUT2D eigenvalue weighted by Crippen LogP contribution is 2.18. The number of ether oxygens (including phenoxy) is 1. The number of carbonyl (C=O) groups excluding carboxylic acids is 2. The molecule has 2 N–H and O–H groups in total. The molecule has 0 aliphatic rings. The molecule has 0 radical (unpaired) electrons. The molecule has 0 saturated carbocycles. The molecule has 0 unspecified atom stereocenters. The fraction of sp³-hybridized carbons (Fsp3) is 0.176. The molecule has 0 aromatic heterocycles. The van der Waals surface area contributed by atoms with Crippen molar-refractivity contribution in [1.29, 1.82) is 0 Å². The van der Waals surface area contributed by atoms with E-state index in [1.807, 2.05) is 32.0 Å². The van der Waals surface area contributed by atoms with Crippen molar-refractivity contribution < 1.29 is 19.2 Å². The molecule has 0 atom stereocenters. The molecule has 0 spiro atoms. The predicted octanol–water partition coefficient (Wildman–Crippen LogP) is 2.05. The SMILES string of the molecule is Cc1ccc(C)c(OCC(=O)NNC(=O)c2cccc([N+](=O)[O-])c2)c1. The van der Waals surface area contributed by atoms with Gasteiger partial charge in [0.2, 0.25) is 0 Å². The van der Waals surface area contributed by atoms with Crippen LogP contribution in [0.5, 0.6) is 5.75 Å². The maximum Gasteiger partial charge on any atom is 0.276 e. The van der Waals surface area contributed by atoms with Crippen LogP contribution in [0.3, 0.4) is 0 Å². The molecule has 25 heavy (non-hydrogen) atoms. The standard InChI is InChI=1S/C17H17N3O5/c1-11-6-7-12(2)15(8-11)25-10-16(21)18-19-17(22)13-4-3-5-14(9-13)20(23)24/h3-9H,10H2,1-2H3,(H,18,21)(H,19,22). The number of nitro benzene ring substituents is 1. The Morgan fingerprint density at radius 3 is 2.60 bits per heavy atom. The second kappa shape index (κ2) is 7.91. The highest BCUT2D eigenvalue weighted by molar-refractivity contribution is 5.96. The number of nitrogens with zero attached hydrogens (tertiary/aromatic N) is 1. The van der Waals surface area contributed by atoms with E-state index in [1.165, 1.54) is 18.2 Å². The van der Waals surface area contributed by atoms with Crippen LogP contribution < -0.4 is 15.6 Å². The zero-order chi connectivity index (χ0) is 18.4. The molecule has 0 aliphatic heterocycles. The molecule has 0 fully saturated rings. The number of aryl methyl sites for hydroxylation is 2. The second-order valence-electron chi connectivity index (χ2n) is 5.37. The van der Waals surface area contributed by atoms with Gasteiger partial charge in [0.1, 0.15) is 5.75 Å². The quantitative estimate of drug-likeness (QED) is 0.638. The monoisotopic (exact) mass is 343 g/mol. The average Bonchev–Trinajstić information content (AvgIpc) is 2.60. The van der Waals surface area contributed by atoms with Gasteiger partial charge in [0, 0.05) is 17.7 Å². The Hall–Kier alpha value is -3.42. The van der Waals surface area contributed by atoms with E-state index in [1.54, 1.807) is 0 Å². The first-order valence-corrected chi connectivity index (χ1v) is 7.40. The van der Waals surface area contributed by atoms with E-state index in [0.29, 0.717) is 5.75 Å². The number of carbonyl (C=O) groups is 2. The van der Waals surface area contributed by atoms with Crippen molar-refractivity contribution in [2.45, 2.75) is 13.8 Å². The van der Waals surface area contributed by atoms with Gasteiger partial charge in [0.15, 0.2) is 6.61 Å². The summed E-state index contributed by atoms with van der Waals surface area (Å²) in [6.45, 7) is 3.49. The zero-order valence-corrected chi connectivity index (χ0v) is 13.7. The van der Waals surface area contributed by atoms with Gasteiger partial charge in [0.05, 0.1) is 4.92 Å². The van der Waals surface area contributed by atoms with Crippen LogP contribution >= 0.6 is 0 Å². The summed E-state index contributed by atoms with van der Waals surface area (Å²) < 4.78 is 5.42. The molecule has 0 heterocycles. The summed E-state index contributed by atoms with van der Waals surface area (Å²) in [6, 6.07) is 10.8. The van der Waals surface area contributed by atoms with Crippen molar-refractivity contribution in [1.82, 2.24) is 10.9 Å². The number of hydrogen-bond donors (Lipinski definition) is 2. The number of amides is 2. The van der Waals surface area contributed by atoms with Crippen LogP contribution in [-0.2, 0) is 4.79 Å². The topological polar surface area (TPSA) is 111 Å². The van der Waals surface area contributed by atoms with Gasteiger partial charge < -0.3 is 4.74 Å². The Balaban J connectivity index is 1.87. The Morgan fingerprint density at radius 2 is 1.88 bits per heavy atom. The number of benzene rings is 2. The van der Waals surface area contributed by atoms with E-state index in [2.05, 4.69) is 10.9 Å². The molecule has 130 valence electrons. The Bertz CT molecular complexity index is 820. The lowest BCUT2D eigenvalue weighted by molar-refractivity contribution is -0.384. The van der Waals surface area contributed by atoms with E-state index < -0.39 is 16.7 Å². The van der Waals surface area contributed by atoms with E-state index in [4.69, 9.17) is 4.74 Å². The third kappa shape index (κ3) is 5.03. The zero-order valence-electron chi connectivity index (χ0n) is 13.7. The number of non-ortho nitro benzene ring substituents is 1. The van der Waals surface area contributed by atoms with Crippen molar-refractivity contribution in [3.63, 3.8) is 0 Å². The summed E-state index contributed by atoms with van der Waals surface area (Å²) >= 11 is 0. The van der Waals surface area contributed by atoms with Gasteiger partial charge in [-0.05, 0) is 37.1 Å². The molecule has 0 aliphatic carbocycles. The van der Waals surface area contributed by atoms with Gasteiger partial charge in [-0.1, -0.05) is 18.2 Å². The van der Waals surface area contributed by atoms with Gasteiger partial charge in [-0.2, -0.15) is 0 Å². The van der Waals surface area contributed by atoms with Crippen LogP contribution in [0.25, 0.3) is 0 Å². The minimum atomic E-state index is -0.663. The Labute approximate surface area is 143 Å². The van der Waals surface area contributed by atoms with Crippen LogP contribution in [0.1, 0.15) is 21.5 Å². The van der Waals surface area contributed by atoms with Gasteiger partial charge in [0.25, 0.3) is 17.5 Å². The molecule has 2 aromatic carbocycles. The fourth-order valence-corrected chi connectivity index (χ4v) is 2.00. The fourth-order valence-electron chi connectivity index (χ4n) is 2.00. The molecule has 0 bridgehead atoms. The Morgan fingerprint density at radius 1 is 1.12 bits per heavy atom. The predicted molar refractivity (Wildman–Crippen MR) is 90.1 cm³/mol. The lowest BCUT2D eigenvalue weighted by atomic mass is 10.1. The van der Waals surface area contributed by atoms with Crippen LogP contribution in [0.4, 0.5) is 5.69 Å². The number of hydrazine groups is 1. The van der Waals surface area contributed by atoms with Gasteiger partial charge in [-0.3, -0.25) is 30.6 Å². The number of nitro groups is 1. The van der Waals surface area contributed by atoms with E-state index >= 15 is 0 Å². The molecule has 8 nitrogen and oxygen atoms in total. The third-order valence-corrected chi connectivity index (χ3v) is 3.34. The summed E-state index contributed by atoms with van der Waals surface area (Å²) in [5.74, 6) is -0.636. The first-order chi connectivity index (χ1) is 11.9. The Kier molecular flexibility index (Phi) is 5.67. The molecule has 2 amide bonds. The second-order valence-corrected chi connectivity index (χ2v) is 5.37. The lowest BCUT2D eigenvalue weighted by Crippen LogP contribution is -2.43. The number of nitrogens with one attached hydrogen (secondary N) is 2. The molecule has 8 heteroatoms. The number of hydrogen-bond acceptors (Lipinski definition) is 5. The minimum absolute atomic E-state index is 0.0601. The van der Waals surface area contributed by atoms with Crippen LogP contribution in [-0.4, -0.2) is 23.3 Å². The van der Waals surface area contributed by atoms with Crippen LogP contribution in [0, 0.1) is 24.0 Å². The highest BCUT2D eigenvalue weighted by Gasteiger charge is 2.12. The first-order valence-electron chi connectivity index (χ1n) is 7.40. The largest absolute Gasteiger partial charge is 0.483 e. The van der Waals surface area contributed by atoms with Crippen LogP contribution in [0.2, 0.25) is 0 Å². The number of rotatable bonds is 5. The normalized spacial score (nSPS) is 10.0. The van der Waals surface area contributed by atoms with Gasteiger partial charge in [-0.25, -0.2) is 0 Å². The van der Waals surface area contributed by atoms with Crippen molar-refractivity contribution in [3.05, 3.63) is 69.3 Å². The maximum atomic E-state index is 11.9. The summed E-state index contributed by atoms with van der Waals surface area (Å²) in [5, 5.41) is 10.7. The summed E-state index contributed by atoms with van der Waals surface area (Å²) in [6.07, 6.45) is 0. The van der Waals surface area contributed by atoms with E-state index in [9.17, 15) is 19.7 Å². The maximum absolute atomic E-state index is 11.9. The van der Waals surface area contributed by atoms with Crippen molar-refractivity contribution in [2.24, 2.45) is 0 Å². The highest BCUT2D eigenvalue weighted by atomic mass is 16.6. The third-order valence-electron chi connectivity index (χ3n) is 3.34. The van der Waals surface area contributed by atoms with Crippen LogP contribution in [0.15, 0.2) is 42.5 Å². The molecule has 2 rings (SSSR count). The summed E-state index contributed by atoms with van der Waals surface area (Å²) in [4.78, 5) is 33.8. The van der Waals surface area contributed by atoms with Crippen molar-refractivity contribution in [3.8, 4) is 5.75 Å². The molecular formula is C17H17N3O5. The molecule has 0 saturated heterocycles. The van der Waals surface area contributed by atoms with E-state index in [-0.39, 0.29) is 17.9 Å². The summed E-state index contributed by atoms with van der Waals surface area (Å²) in [7, 11) is 0. The molecule has 2 aromatic rings. The summed E-state index contributed by atoms with van der Waals surface area (Å²) in [5.41, 5.74) is 6.12. The average molecular weight is 343 g/mol. The van der Waals surface area contributed by atoms with Crippen molar-refractivity contribution in [2.75, 3.05) is 6.61 Å². The lowest BCUT2D eigenvalue weighted by Gasteiger charge is -2.11. The minimum Gasteiger partial charge on any atom is -0.483 e. The smallest absolute Gasteiger partial charge is 0.276 e. The van der Waals surface area contributed by atoms with E-state index in [0.717, 1.165) is 17.2 Å². The molecular weight excluding hydrogens is 326 g/mol. The first kappa shape index (κ1) is 17.9. The van der Waals surface area contributed by atoms with Gasteiger partial charge >= 0.3 is 0 Å².